The molecule has 0 saturated carbocycles. The molecule has 0 heterocycles. The Morgan fingerprint density at radius 3 is 2.24 bits per heavy atom. The fraction of sp³-hybridized carbons (Fsp3) is 0.727. The van der Waals surface area contributed by atoms with Gasteiger partial charge in [-0.15, -0.1) is 0 Å². The van der Waals surface area contributed by atoms with Crippen LogP contribution in [0.4, 0.5) is 4.79 Å². The number of carbonyl (C=O) groups is 2. The number of nitrogens with zero attached hydrogens (tertiary/aromatic N) is 2. The molecule has 0 aromatic heterocycles. The Morgan fingerprint density at radius 2 is 1.88 bits per heavy atom. The molecule has 0 aromatic carbocycles. The van der Waals surface area contributed by atoms with Gasteiger partial charge in [-0.3, -0.25) is 0 Å². The quantitative estimate of drug-likeness (QED) is 0.335. The molecule has 0 radical (unpaired) electrons. The molecule has 0 aliphatic carbocycles. The van der Waals surface area contributed by atoms with Gasteiger partial charge in [-0.1, -0.05) is 0 Å². The number of hydrogen-bond donors (Lipinski definition) is 0. The number of Topliss-reactive ketones (excluding diaryl/α,β-unsaturated/α-hetero) is 1. The standard InChI is InChI=1S/C11H19AsN2O3/c1-7(2)9(8(15)6-14-13)12-10(16)17-11(3,4)5/h6-7,9,12H,1-5H3. The molecule has 5 nitrogen and oxygen atoms in total. The van der Waals surface area contributed by atoms with Crippen LogP contribution in [-0.4, -0.2) is 42.9 Å². The van der Waals surface area contributed by atoms with E-state index in [2.05, 4.69) is 4.79 Å². The summed E-state index contributed by atoms with van der Waals surface area (Å²) in [4.78, 5) is 26.0. The fourth-order valence-electron chi connectivity index (χ4n) is 1.14. The van der Waals surface area contributed by atoms with Crippen molar-refractivity contribution in [2.24, 2.45) is 5.92 Å². The van der Waals surface area contributed by atoms with E-state index in [1.54, 1.807) is 20.8 Å². The van der Waals surface area contributed by atoms with Crippen molar-refractivity contribution in [2.45, 2.75) is 44.9 Å². The molecular formula is C11H19AsN2O3. The topological polar surface area (TPSA) is 79.8 Å². The monoisotopic (exact) mass is 302 g/mol. The van der Waals surface area contributed by atoms with E-state index in [9.17, 15) is 9.59 Å². The van der Waals surface area contributed by atoms with Crippen molar-refractivity contribution in [1.82, 2.24) is 0 Å². The van der Waals surface area contributed by atoms with E-state index in [-0.39, 0.29) is 21.2 Å². The molecule has 0 amide bonds. The van der Waals surface area contributed by atoms with Crippen LogP contribution in [-0.2, 0) is 9.53 Å². The van der Waals surface area contributed by atoms with Gasteiger partial charge in [0.15, 0.2) is 0 Å². The molecule has 2 atom stereocenters. The van der Waals surface area contributed by atoms with E-state index in [0.717, 1.165) is 6.21 Å². The average molecular weight is 302 g/mol. The minimum atomic E-state index is -1.22. The summed E-state index contributed by atoms with van der Waals surface area (Å²) in [6.07, 6.45) is 0.860. The van der Waals surface area contributed by atoms with Crippen LogP contribution in [0.1, 0.15) is 34.6 Å². The molecule has 0 aliphatic heterocycles. The summed E-state index contributed by atoms with van der Waals surface area (Å²) in [5.41, 5.74) is 7.80. The van der Waals surface area contributed by atoms with Crippen molar-refractivity contribution in [1.29, 1.82) is 0 Å². The van der Waals surface area contributed by atoms with Gasteiger partial charge >= 0.3 is 108 Å². The SMILES string of the molecule is CC(C)C([AsH]C(=O)OC(C)(C)C)C(=O)C=[N+]=[N-]. The molecule has 0 spiro atoms. The first kappa shape index (κ1) is 16.1. The van der Waals surface area contributed by atoms with Gasteiger partial charge in [0.05, 0.1) is 0 Å². The van der Waals surface area contributed by atoms with Gasteiger partial charge in [0.1, 0.15) is 0 Å². The summed E-state index contributed by atoms with van der Waals surface area (Å²) in [6, 6.07) is 0. The molecule has 96 valence electrons. The van der Waals surface area contributed by atoms with Gasteiger partial charge in [-0.05, 0) is 0 Å². The normalized spacial score (nSPS) is 13.5. The van der Waals surface area contributed by atoms with E-state index in [1.807, 2.05) is 13.8 Å². The van der Waals surface area contributed by atoms with Crippen LogP contribution in [0.25, 0.3) is 5.53 Å². The van der Waals surface area contributed by atoms with Crippen LogP contribution in [0.5, 0.6) is 0 Å². The summed E-state index contributed by atoms with van der Waals surface area (Å²) in [6.45, 7) is 9.10. The molecule has 0 aliphatic rings. The number of ether oxygens (including phenoxy) is 1. The molecule has 0 aromatic rings. The van der Waals surface area contributed by atoms with E-state index in [0.29, 0.717) is 0 Å². The van der Waals surface area contributed by atoms with Crippen molar-refractivity contribution in [3.63, 3.8) is 0 Å². The molecule has 0 rings (SSSR count). The first-order valence-electron chi connectivity index (χ1n) is 5.38. The molecule has 0 fully saturated rings. The molecule has 17 heavy (non-hydrogen) atoms. The van der Waals surface area contributed by atoms with E-state index in [4.69, 9.17) is 10.3 Å². The third-order valence-corrected chi connectivity index (χ3v) is 5.19. The van der Waals surface area contributed by atoms with E-state index < -0.39 is 21.4 Å². The van der Waals surface area contributed by atoms with Crippen molar-refractivity contribution in [3.05, 3.63) is 5.53 Å². The van der Waals surface area contributed by atoms with Crippen molar-refractivity contribution < 1.29 is 19.1 Å². The zero-order chi connectivity index (χ0) is 13.6. The average Bonchev–Trinajstić information content (AvgIpc) is 2.11. The second kappa shape index (κ2) is 6.73. The number of rotatable bonds is 5. The van der Waals surface area contributed by atoms with Gasteiger partial charge in [-0.2, -0.15) is 0 Å². The first-order valence-corrected chi connectivity index (χ1v) is 7.64. The van der Waals surface area contributed by atoms with E-state index >= 15 is 0 Å². The predicted molar refractivity (Wildman–Crippen MR) is 66.7 cm³/mol. The number of ketones is 1. The maximum absolute atomic E-state index is 11.7. The van der Waals surface area contributed by atoms with Crippen molar-refractivity contribution >= 4 is 32.5 Å². The second-order valence-corrected chi connectivity index (χ2v) is 7.78. The minimum absolute atomic E-state index is 0.0352. The second-order valence-electron chi connectivity index (χ2n) is 5.01. The Morgan fingerprint density at radius 1 is 1.35 bits per heavy atom. The molecule has 0 bridgehead atoms. The maximum atomic E-state index is 11.7. The summed E-state index contributed by atoms with van der Waals surface area (Å²) >= 11 is -1.22. The Balaban J connectivity index is 4.62. The number of carbonyl (C=O) groups excluding carboxylic acids is 2. The first-order chi connectivity index (χ1) is 7.67. The molecular weight excluding hydrogens is 283 g/mol. The summed E-state index contributed by atoms with van der Waals surface area (Å²) in [5.74, 6) is -0.277. The third-order valence-electron chi connectivity index (χ3n) is 1.83. The number of hydrogen-bond acceptors (Lipinski definition) is 3. The predicted octanol–water partition coefficient (Wildman–Crippen LogP) is 1.67. The fourth-order valence-corrected chi connectivity index (χ4v) is 3.59. The van der Waals surface area contributed by atoms with Gasteiger partial charge in [0, 0.05) is 0 Å². The van der Waals surface area contributed by atoms with Gasteiger partial charge in [0.2, 0.25) is 0 Å². The van der Waals surface area contributed by atoms with Crippen LogP contribution in [0.3, 0.4) is 0 Å². The molecule has 6 heteroatoms. The van der Waals surface area contributed by atoms with Gasteiger partial charge in [0.25, 0.3) is 0 Å². The molecule has 0 saturated heterocycles. The zero-order valence-electron chi connectivity index (χ0n) is 10.9. The molecule has 0 N–H and O–H groups in total. The Kier molecular flexibility index (Phi) is 6.36. The van der Waals surface area contributed by atoms with Crippen LogP contribution in [0.15, 0.2) is 0 Å². The summed E-state index contributed by atoms with van der Waals surface area (Å²) in [7, 11) is 0. The summed E-state index contributed by atoms with van der Waals surface area (Å²) < 4.78 is 4.52. The van der Waals surface area contributed by atoms with E-state index in [1.165, 1.54) is 0 Å². The van der Waals surface area contributed by atoms with Gasteiger partial charge in [-0.25, -0.2) is 0 Å². The Hall–Kier alpha value is -0.922. The van der Waals surface area contributed by atoms with Crippen LogP contribution in [0, 0.1) is 5.92 Å². The van der Waals surface area contributed by atoms with Crippen LogP contribution < -0.4 is 0 Å². The Labute approximate surface area is 108 Å². The Bertz CT molecular complexity index is 341. The third kappa shape index (κ3) is 7.09. The molecule has 2 unspecified atom stereocenters. The van der Waals surface area contributed by atoms with Crippen molar-refractivity contribution in [2.75, 3.05) is 0 Å². The van der Waals surface area contributed by atoms with Crippen LogP contribution in [0.2, 0.25) is 4.71 Å². The summed E-state index contributed by atoms with van der Waals surface area (Å²) in [5, 5.41) is 0. The van der Waals surface area contributed by atoms with Crippen LogP contribution >= 0.6 is 0 Å². The zero-order valence-corrected chi connectivity index (χ0v) is 12.9. The van der Waals surface area contributed by atoms with Gasteiger partial charge < -0.3 is 0 Å². The van der Waals surface area contributed by atoms with Crippen molar-refractivity contribution in [3.8, 4) is 0 Å².